The van der Waals surface area contributed by atoms with Gasteiger partial charge >= 0.3 is 0 Å². The van der Waals surface area contributed by atoms with Crippen LogP contribution in [0.25, 0.3) is 0 Å². The van der Waals surface area contributed by atoms with Crippen molar-refractivity contribution in [3.8, 4) is 0 Å². The monoisotopic (exact) mass is 278 g/mol. The van der Waals surface area contributed by atoms with Gasteiger partial charge in [-0.25, -0.2) is 0 Å². The Morgan fingerprint density at radius 1 is 1.37 bits per heavy atom. The highest BCUT2D eigenvalue weighted by atomic mass is 32.1. The van der Waals surface area contributed by atoms with E-state index in [1.807, 2.05) is 11.3 Å². The second kappa shape index (κ2) is 5.63. The average molecular weight is 278 g/mol. The second-order valence-corrected chi connectivity index (χ2v) is 6.84. The van der Waals surface area contributed by atoms with Gasteiger partial charge in [0.25, 0.3) is 0 Å². The highest BCUT2D eigenvalue weighted by Gasteiger charge is 2.36. The van der Waals surface area contributed by atoms with Gasteiger partial charge in [-0.1, -0.05) is 25.3 Å². The van der Waals surface area contributed by atoms with Crippen molar-refractivity contribution in [1.29, 1.82) is 0 Å². The second-order valence-electron chi connectivity index (χ2n) is 5.89. The summed E-state index contributed by atoms with van der Waals surface area (Å²) in [4.78, 5) is 13.5. The van der Waals surface area contributed by atoms with Crippen LogP contribution in [-0.2, 0) is 10.2 Å². The van der Waals surface area contributed by atoms with E-state index in [1.165, 1.54) is 37.0 Å². The molecule has 2 aliphatic rings. The predicted molar refractivity (Wildman–Crippen MR) is 78.5 cm³/mol. The molecule has 3 rings (SSSR count). The van der Waals surface area contributed by atoms with Gasteiger partial charge in [-0.3, -0.25) is 4.79 Å². The smallest absolute Gasteiger partial charge is 0.225 e. The van der Waals surface area contributed by atoms with Crippen LogP contribution >= 0.6 is 11.3 Å². The fourth-order valence-corrected chi connectivity index (χ4v) is 4.18. The first-order valence-corrected chi connectivity index (χ1v) is 8.21. The molecule has 2 fully saturated rings. The lowest BCUT2D eigenvalue weighted by atomic mass is 9.73. The normalized spacial score (nSPS) is 22.7. The molecule has 1 aliphatic carbocycles. The predicted octanol–water partition coefficient (Wildman–Crippen LogP) is 2.29. The van der Waals surface area contributed by atoms with Crippen molar-refractivity contribution in [3.05, 3.63) is 22.4 Å². The lowest BCUT2D eigenvalue weighted by Gasteiger charge is -2.37. The summed E-state index contributed by atoms with van der Waals surface area (Å²) in [6, 6.07) is 4.38. The van der Waals surface area contributed by atoms with E-state index in [0.717, 1.165) is 19.6 Å². The van der Waals surface area contributed by atoms with E-state index in [1.54, 1.807) is 0 Å². The highest BCUT2D eigenvalue weighted by Crippen LogP contribution is 2.41. The van der Waals surface area contributed by atoms with E-state index >= 15 is 0 Å². The van der Waals surface area contributed by atoms with Crippen LogP contribution in [0.1, 0.15) is 37.0 Å². The van der Waals surface area contributed by atoms with Crippen LogP contribution in [0.3, 0.4) is 0 Å². The highest BCUT2D eigenvalue weighted by molar-refractivity contribution is 7.10. The lowest BCUT2D eigenvalue weighted by Crippen LogP contribution is -2.53. The maximum Gasteiger partial charge on any atom is 0.225 e. The van der Waals surface area contributed by atoms with Crippen LogP contribution in [0.4, 0.5) is 0 Å². The van der Waals surface area contributed by atoms with Crippen LogP contribution in [-0.4, -0.2) is 25.5 Å². The van der Waals surface area contributed by atoms with Crippen LogP contribution in [0.5, 0.6) is 0 Å². The van der Waals surface area contributed by atoms with E-state index < -0.39 is 0 Å². The topological polar surface area (TPSA) is 41.1 Å². The lowest BCUT2D eigenvalue weighted by molar-refractivity contribution is -0.126. The Morgan fingerprint density at radius 3 is 2.74 bits per heavy atom. The molecule has 0 bridgehead atoms. The minimum atomic E-state index is 0.198. The van der Waals surface area contributed by atoms with Gasteiger partial charge in [0.2, 0.25) is 5.91 Å². The van der Waals surface area contributed by atoms with Gasteiger partial charge < -0.3 is 10.6 Å². The Balaban J connectivity index is 1.67. The molecule has 0 unspecified atom stereocenters. The summed E-state index contributed by atoms with van der Waals surface area (Å²) in [7, 11) is 0. The molecule has 0 spiro atoms. The maximum absolute atomic E-state index is 12.0. The van der Waals surface area contributed by atoms with Crippen molar-refractivity contribution >= 4 is 17.2 Å². The van der Waals surface area contributed by atoms with Gasteiger partial charge in [0.15, 0.2) is 0 Å². The molecule has 4 heteroatoms. The molecule has 1 aromatic rings. The van der Waals surface area contributed by atoms with E-state index in [0.29, 0.717) is 0 Å². The van der Waals surface area contributed by atoms with E-state index in [2.05, 4.69) is 28.1 Å². The minimum absolute atomic E-state index is 0.198. The Morgan fingerprint density at radius 2 is 2.16 bits per heavy atom. The van der Waals surface area contributed by atoms with E-state index in [9.17, 15) is 4.79 Å². The molecule has 0 aromatic carbocycles. The molecule has 19 heavy (non-hydrogen) atoms. The fraction of sp³-hybridized carbons (Fsp3) is 0.667. The molecular weight excluding hydrogens is 256 g/mol. The molecule has 0 radical (unpaired) electrons. The summed E-state index contributed by atoms with van der Waals surface area (Å²) in [5.74, 6) is 0.434. The largest absolute Gasteiger partial charge is 0.355 e. The third-order valence-corrected chi connectivity index (χ3v) is 5.72. The van der Waals surface area contributed by atoms with Crippen LogP contribution < -0.4 is 10.6 Å². The number of carbonyl (C=O) groups excluding carboxylic acids is 1. The van der Waals surface area contributed by atoms with Gasteiger partial charge in [-0.15, -0.1) is 11.3 Å². The third-order valence-electron chi connectivity index (χ3n) is 4.61. The number of amides is 1. The Kier molecular flexibility index (Phi) is 3.89. The molecule has 1 aliphatic heterocycles. The van der Waals surface area contributed by atoms with Crippen LogP contribution in [0.2, 0.25) is 0 Å². The SMILES string of the molecule is O=C(NCC1(c2cccs2)CCCCC1)C1CNC1. The summed E-state index contributed by atoms with van der Waals surface area (Å²) in [5, 5.41) is 8.53. The zero-order valence-corrected chi connectivity index (χ0v) is 12.1. The van der Waals surface area contributed by atoms with Gasteiger partial charge in [0.05, 0.1) is 5.92 Å². The summed E-state index contributed by atoms with van der Waals surface area (Å²) < 4.78 is 0. The van der Waals surface area contributed by atoms with E-state index in [-0.39, 0.29) is 17.2 Å². The molecule has 0 atom stereocenters. The summed E-state index contributed by atoms with van der Waals surface area (Å²) >= 11 is 1.84. The van der Waals surface area contributed by atoms with Gasteiger partial charge in [-0.05, 0) is 24.3 Å². The molecule has 1 saturated heterocycles. The summed E-state index contributed by atoms with van der Waals surface area (Å²) in [6.45, 7) is 2.51. The van der Waals surface area contributed by atoms with Crippen molar-refractivity contribution in [2.24, 2.45) is 5.92 Å². The zero-order valence-electron chi connectivity index (χ0n) is 11.3. The molecule has 1 aromatic heterocycles. The van der Waals surface area contributed by atoms with Crippen molar-refractivity contribution in [2.75, 3.05) is 19.6 Å². The van der Waals surface area contributed by atoms with Crippen molar-refractivity contribution in [1.82, 2.24) is 10.6 Å². The average Bonchev–Trinajstić information content (AvgIpc) is 2.90. The van der Waals surface area contributed by atoms with E-state index in [4.69, 9.17) is 0 Å². The zero-order chi connectivity index (χ0) is 13.1. The standard InChI is InChI=1S/C15H22N2OS/c18-14(12-9-16-10-12)17-11-15(6-2-1-3-7-15)13-5-4-8-19-13/h4-5,8,12,16H,1-3,6-7,9-11H2,(H,17,18). The molecule has 104 valence electrons. The van der Waals surface area contributed by atoms with Crippen molar-refractivity contribution in [2.45, 2.75) is 37.5 Å². The van der Waals surface area contributed by atoms with Crippen LogP contribution in [0.15, 0.2) is 17.5 Å². The Labute approximate surface area is 118 Å². The third kappa shape index (κ3) is 2.70. The van der Waals surface area contributed by atoms with Gasteiger partial charge in [-0.2, -0.15) is 0 Å². The molecular formula is C15H22N2OS. The maximum atomic E-state index is 12.0. The van der Waals surface area contributed by atoms with Gasteiger partial charge in [0.1, 0.15) is 0 Å². The Bertz CT molecular complexity index is 419. The molecule has 3 nitrogen and oxygen atoms in total. The summed E-state index contributed by atoms with van der Waals surface area (Å²) in [5.41, 5.74) is 0.208. The number of carbonyl (C=O) groups is 1. The van der Waals surface area contributed by atoms with Crippen LogP contribution in [0, 0.1) is 5.92 Å². The number of nitrogens with one attached hydrogen (secondary N) is 2. The van der Waals surface area contributed by atoms with Crippen molar-refractivity contribution < 1.29 is 4.79 Å². The molecule has 2 heterocycles. The first kappa shape index (κ1) is 13.1. The number of hydrogen-bond donors (Lipinski definition) is 2. The number of thiophene rings is 1. The molecule has 2 N–H and O–H groups in total. The Hall–Kier alpha value is -0.870. The molecule has 1 amide bonds. The summed E-state index contributed by atoms with van der Waals surface area (Å²) in [6.07, 6.45) is 6.36. The van der Waals surface area contributed by atoms with Gasteiger partial charge in [0, 0.05) is 29.9 Å². The van der Waals surface area contributed by atoms with Crippen molar-refractivity contribution in [3.63, 3.8) is 0 Å². The first-order chi connectivity index (χ1) is 9.30. The number of rotatable bonds is 4. The fourth-order valence-electron chi connectivity index (χ4n) is 3.19. The number of hydrogen-bond acceptors (Lipinski definition) is 3. The first-order valence-electron chi connectivity index (χ1n) is 7.33. The molecule has 1 saturated carbocycles. The minimum Gasteiger partial charge on any atom is -0.355 e. The quantitative estimate of drug-likeness (QED) is 0.887.